The van der Waals surface area contributed by atoms with E-state index in [0.29, 0.717) is 18.5 Å². The van der Waals surface area contributed by atoms with E-state index in [1.54, 1.807) is 0 Å². The van der Waals surface area contributed by atoms with Crippen LogP contribution in [-0.4, -0.2) is 37.0 Å². The second-order valence-corrected chi connectivity index (χ2v) is 5.21. The molecule has 0 saturated heterocycles. The second kappa shape index (κ2) is 8.16. The summed E-state index contributed by atoms with van der Waals surface area (Å²) in [7, 11) is 3.97. The maximum atomic E-state index is 12.0. The highest BCUT2D eigenvalue weighted by Crippen LogP contribution is 2.22. The van der Waals surface area contributed by atoms with Crippen molar-refractivity contribution in [2.75, 3.05) is 14.1 Å². The average molecular weight is 250 g/mol. The van der Waals surface area contributed by atoms with Gasteiger partial charge in [-0.05, 0) is 45.6 Å². The fourth-order valence-corrected chi connectivity index (χ4v) is 2.64. The summed E-state index contributed by atoms with van der Waals surface area (Å²) in [6.07, 6.45) is 13.1. The van der Waals surface area contributed by atoms with Gasteiger partial charge >= 0.3 is 0 Å². The van der Waals surface area contributed by atoms with Gasteiger partial charge in [-0.15, -0.1) is 12.3 Å². The molecule has 0 aromatic rings. The summed E-state index contributed by atoms with van der Waals surface area (Å²) in [5, 5.41) is 3.32. The van der Waals surface area contributed by atoms with Crippen LogP contribution in [-0.2, 0) is 4.79 Å². The number of carbonyl (C=O) groups excluding carboxylic acids is 1. The van der Waals surface area contributed by atoms with Crippen LogP contribution in [0.3, 0.4) is 0 Å². The molecule has 0 heterocycles. The molecule has 0 atom stereocenters. The van der Waals surface area contributed by atoms with E-state index in [1.807, 2.05) is 19.0 Å². The zero-order chi connectivity index (χ0) is 13.4. The van der Waals surface area contributed by atoms with Gasteiger partial charge in [0.2, 0.25) is 5.91 Å². The first-order chi connectivity index (χ1) is 8.69. The Hall–Kier alpha value is -1.01. The molecule has 1 N–H and O–H groups in total. The zero-order valence-corrected chi connectivity index (χ0v) is 11.7. The number of hydrogen-bond donors (Lipinski definition) is 1. The van der Waals surface area contributed by atoms with Gasteiger partial charge in [-0.25, -0.2) is 0 Å². The maximum absolute atomic E-state index is 12.0. The monoisotopic (exact) mass is 250 g/mol. The Labute approximate surface area is 111 Å². The van der Waals surface area contributed by atoms with Crippen LogP contribution >= 0.6 is 0 Å². The molecular formula is C15H26N2O. The van der Waals surface area contributed by atoms with Gasteiger partial charge in [0, 0.05) is 32.0 Å². The molecule has 1 aliphatic carbocycles. The van der Waals surface area contributed by atoms with Crippen molar-refractivity contribution in [3.63, 3.8) is 0 Å². The summed E-state index contributed by atoms with van der Waals surface area (Å²) in [5.74, 6) is 2.89. The Bertz CT molecular complexity index is 287. The summed E-state index contributed by atoms with van der Waals surface area (Å²) in [4.78, 5) is 14.0. The smallest absolute Gasteiger partial charge is 0.222 e. The lowest BCUT2D eigenvalue weighted by Gasteiger charge is -2.34. The molecule has 102 valence electrons. The number of unbranched alkanes of at least 4 members (excludes halogenated alkanes) is 2. The first-order valence-electron chi connectivity index (χ1n) is 7.05. The molecule has 0 radical (unpaired) electrons. The van der Waals surface area contributed by atoms with Gasteiger partial charge < -0.3 is 10.2 Å². The van der Waals surface area contributed by atoms with Gasteiger partial charge in [-0.1, -0.05) is 0 Å². The van der Waals surface area contributed by atoms with Crippen LogP contribution in [0.4, 0.5) is 0 Å². The number of nitrogens with one attached hydrogen (secondary N) is 1. The lowest BCUT2D eigenvalue weighted by Crippen LogP contribution is -2.42. The molecule has 3 nitrogen and oxygen atoms in total. The van der Waals surface area contributed by atoms with E-state index in [1.165, 1.54) is 12.8 Å². The summed E-state index contributed by atoms with van der Waals surface area (Å²) in [5.41, 5.74) is 0. The van der Waals surface area contributed by atoms with E-state index in [9.17, 15) is 4.79 Å². The van der Waals surface area contributed by atoms with Crippen LogP contribution in [0.5, 0.6) is 0 Å². The van der Waals surface area contributed by atoms with E-state index in [4.69, 9.17) is 6.42 Å². The molecule has 3 heteroatoms. The van der Waals surface area contributed by atoms with Crippen molar-refractivity contribution < 1.29 is 4.79 Å². The standard InChI is InChI=1S/C15H26N2O/c1-4-5-6-7-8-15(18)17(3)14-11-9-13(16-2)10-12-14/h1,13-14,16H,5-12H2,2-3H3. The number of nitrogens with zero attached hydrogens (tertiary/aromatic N) is 1. The molecule has 1 saturated carbocycles. The van der Waals surface area contributed by atoms with Crippen molar-refractivity contribution in [3.8, 4) is 12.3 Å². The highest BCUT2D eigenvalue weighted by molar-refractivity contribution is 5.76. The lowest BCUT2D eigenvalue weighted by atomic mass is 9.90. The first kappa shape index (κ1) is 15.0. The largest absolute Gasteiger partial charge is 0.343 e. The topological polar surface area (TPSA) is 32.3 Å². The molecule has 0 bridgehead atoms. The third-order valence-corrected chi connectivity index (χ3v) is 4.01. The van der Waals surface area contributed by atoms with E-state index >= 15 is 0 Å². The lowest BCUT2D eigenvalue weighted by molar-refractivity contribution is -0.132. The first-order valence-corrected chi connectivity index (χ1v) is 7.05. The van der Waals surface area contributed by atoms with Gasteiger partial charge in [0.1, 0.15) is 0 Å². The van der Waals surface area contributed by atoms with E-state index in [2.05, 4.69) is 11.2 Å². The Kier molecular flexibility index (Phi) is 6.82. The predicted octanol–water partition coefficient (Wildman–Crippen LogP) is 2.17. The highest BCUT2D eigenvalue weighted by atomic mass is 16.2. The van der Waals surface area contributed by atoms with Crippen LogP contribution in [0.1, 0.15) is 51.4 Å². The number of carbonyl (C=O) groups is 1. The van der Waals surface area contributed by atoms with Crippen LogP contribution in [0.2, 0.25) is 0 Å². The Balaban J connectivity index is 2.25. The Morgan fingerprint density at radius 2 is 2.00 bits per heavy atom. The van der Waals surface area contributed by atoms with Crippen molar-refractivity contribution in [1.29, 1.82) is 0 Å². The Morgan fingerprint density at radius 3 is 2.56 bits per heavy atom. The second-order valence-electron chi connectivity index (χ2n) is 5.21. The maximum Gasteiger partial charge on any atom is 0.222 e. The number of rotatable bonds is 6. The minimum Gasteiger partial charge on any atom is -0.343 e. The van der Waals surface area contributed by atoms with Crippen LogP contribution < -0.4 is 5.32 Å². The van der Waals surface area contributed by atoms with Crippen molar-refractivity contribution >= 4 is 5.91 Å². The van der Waals surface area contributed by atoms with Gasteiger partial charge in [0.05, 0.1) is 0 Å². The van der Waals surface area contributed by atoms with E-state index < -0.39 is 0 Å². The summed E-state index contributed by atoms with van der Waals surface area (Å²) < 4.78 is 0. The molecule has 0 spiro atoms. The van der Waals surface area contributed by atoms with Crippen LogP contribution in [0, 0.1) is 12.3 Å². The molecule has 1 fully saturated rings. The van der Waals surface area contributed by atoms with Crippen LogP contribution in [0.25, 0.3) is 0 Å². The molecule has 1 aliphatic rings. The van der Waals surface area contributed by atoms with Gasteiger partial charge in [0.25, 0.3) is 0 Å². The number of amides is 1. The SMILES string of the molecule is C#CCCCCC(=O)N(C)C1CCC(NC)CC1. The average Bonchev–Trinajstić information content (AvgIpc) is 2.42. The molecule has 0 aliphatic heterocycles. The summed E-state index contributed by atoms with van der Waals surface area (Å²) >= 11 is 0. The van der Waals surface area contributed by atoms with E-state index in [-0.39, 0.29) is 5.91 Å². The highest BCUT2D eigenvalue weighted by Gasteiger charge is 2.25. The zero-order valence-electron chi connectivity index (χ0n) is 11.7. The molecule has 0 unspecified atom stereocenters. The minimum atomic E-state index is 0.278. The minimum absolute atomic E-state index is 0.278. The summed E-state index contributed by atoms with van der Waals surface area (Å²) in [6.45, 7) is 0. The van der Waals surface area contributed by atoms with Crippen molar-refractivity contribution in [3.05, 3.63) is 0 Å². The van der Waals surface area contributed by atoms with Gasteiger partial charge in [0.15, 0.2) is 0 Å². The summed E-state index contributed by atoms with van der Waals surface area (Å²) in [6, 6.07) is 1.08. The fraction of sp³-hybridized carbons (Fsp3) is 0.800. The third-order valence-electron chi connectivity index (χ3n) is 4.01. The number of terminal acetylenes is 1. The molecular weight excluding hydrogens is 224 g/mol. The van der Waals surface area contributed by atoms with Gasteiger partial charge in [-0.3, -0.25) is 4.79 Å². The Morgan fingerprint density at radius 1 is 1.33 bits per heavy atom. The number of hydrogen-bond acceptors (Lipinski definition) is 2. The van der Waals surface area contributed by atoms with E-state index in [0.717, 1.165) is 32.1 Å². The van der Waals surface area contributed by atoms with Crippen molar-refractivity contribution in [2.24, 2.45) is 0 Å². The molecule has 1 rings (SSSR count). The molecule has 1 amide bonds. The third kappa shape index (κ3) is 4.70. The fourth-order valence-electron chi connectivity index (χ4n) is 2.64. The molecule has 0 aromatic carbocycles. The molecule has 0 aromatic heterocycles. The molecule has 18 heavy (non-hydrogen) atoms. The van der Waals surface area contributed by atoms with Crippen molar-refractivity contribution in [1.82, 2.24) is 10.2 Å². The van der Waals surface area contributed by atoms with Crippen LogP contribution in [0.15, 0.2) is 0 Å². The quantitative estimate of drug-likeness (QED) is 0.579. The normalized spacial score (nSPS) is 23.4. The van der Waals surface area contributed by atoms with Crippen molar-refractivity contribution in [2.45, 2.75) is 63.5 Å². The predicted molar refractivity (Wildman–Crippen MR) is 75.2 cm³/mol. The van der Waals surface area contributed by atoms with Gasteiger partial charge in [-0.2, -0.15) is 0 Å².